The van der Waals surface area contributed by atoms with Crippen molar-refractivity contribution in [3.8, 4) is 5.75 Å². The largest absolute Gasteiger partial charge is 0.479 e. The van der Waals surface area contributed by atoms with Crippen LogP contribution in [-0.2, 0) is 9.59 Å². The van der Waals surface area contributed by atoms with E-state index in [1.54, 1.807) is 37.3 Å². The van der Waals surface area contributed by atoms with Gasteiger partial charge in [-0.1, -0.05) is 18.5 Å². The average molecular weight is 402 g/mol. The summed E-state index contributed by atoms with van der Waals surface area (Å²) < 4.78 is 5.62. The van der Waals surface area contributed by atoms with Gasteiger partial charge in [-0.15, -0.1) is 0 Å². The third-order valence-corrected chi connectivity index (χ3v) is 4.60. The van der Waals surface area contributed by atoms with Gasteiger partial charge in [-0.2, -0.15) is 0 Å². The van der Waals surface area contributed by atoms with Gasteiger partial charge < -0.3 is 10.1 Å². The van der Waals surface area contributed by atoms with E-state index in [1.807, 2.05) is 6.92 Å². The van der Waals surface area contributed by atoms with Crippen molar-refractivity contribution in [3.05, 3.63) is 47.2 Å². The summed E-state index contributed by atoms with van der Waals surface area (Å²) in [7, 11) is 0. The number of rotatable bonds is 6. The highest BCUT2D eigenvalue weighted by Crippen LogP contribution is 2.35. The summed E-state index contributed by atoms with van der Waals surface area (Å²) in [6, 6.07) is 8.19. The molecule has 0 bridgehead atoms. The first kappa shape index (κ1) is 19.8. The van der Waals surface area contributed by atoms with E-state index in [9.17, 15) is 14.4 Å². The van der Waals surface area contributed by atoms with Gasteiger partial charge in [0.25, 0.3) is 5.91 Å². The number of halogens is 1. The van der Waals surface area contributed by atoms with Crippen LogP contribution >= 0.6 is 11.6 Å². The monoisotopic (exact) mass is 401 g/mol. The summed E-state index contributed by atoms with van der Waals surface area (Å²) in [5.74, 6) is -0.371. The molecule has 0 radical (unpaired) electrons. The highest BCUT2D eigenvalue weighted by molar-refractivity contribution is 6.32. The number of amides is 2. The van der Waals surface area contributed by atoms with E-state index in [4.69, 9.17) is 16.3 Å². The Morgan fingerprint density at radius 2 is 2.11 bits per heavy atom. The third-order valence-electron chi connectivity index (χ3n) is 4.30. The van der Waals surface area contributed by atoms with Gasteiger partial charge in [0.15, 0.2) is 17.0 Å². The van der Waals surface area contributed by atoms with Crippen LogP contribution in [0.2, 0.25) is 5.15 Å². The predicted octanol–water partition coefficient (Wildman–Crippen LogP) is 3.47. The maximum Gasteiger partial charge on any atom is 0.268 e. The smallest absolute Gasteiger partial charge is 0.268 e. The minimum absolute atomic E-state index is 0.0251. The summed E-state index contributed by atoms with van der Waals surface area (Å²) in [5, 5.41) is 2.80. The number of hydrogen-bond donors (Lipinski definition) is 1. The molecule has 28 heavy (non-hydrogen) atoms. The van der Waals surface area contributed by atoms with Crippen molar-refractivity contribution < 1.29 is 19.1 Å². The molecule has 2 aromatic rings. The highest BCUT2D eigenvalue weighted by atomic mass is 35.5. The molecular weight excluding hydrogens is 382 g/mol. The minimum Gasteiger partial charge on any atom is -0.479 e. The quantitative estimate of drug-likeness (QED) is 0.591. The summed E-state index contributed by atoms with van der Waals surface area (Å²) >= 11 is 5.97. The Morgan fingerprint density at radius 3 is 2.82 bits per heavy atom. The molecule has 1 N–H and O–H groups in total. The van der Waals surface area contributed by atoms with Gasteiger partial charge in [0.2, 0.25) is 5.91 Å². The second-order valence-electron chi connectivity index (χ2n) is 6.43. The Balaban J connectivity index is 1.87. The molecule has 7 nitrogen and oxygen atoms in total. The number of carbonyl (C=O) groups excluding carboxylic acids is 3. The molecule has 2 amide bonds. The van der Waals surface area contributed by atoms with Gasteiger partial charge in [0, 0.05) is 18.2 Å². The second kappa shape index (κ2) is 8.39. The molecule has 0 saturated carbocycles. The van der Waals surface area contributed by atoms with Crippen LogP contribution in [0.1, 0.15) is 37.0 Å². The molecule has 1 aromatic carbocycles. The number of Topliss-reactive ketones (excluding diaryl/α,β-unsaturated/α-hetero) is 1. The van der Waals surface area contributed by atoms with Gasteiger partial charge in [0.05, 0.1) is 11.4 Å². The van der Waals surface area contributed by atoms with Crippen molar-refractivity contribution in [2.45, 2.75) is 32.8 Å². The molecule has 1 unspecified atom stereocenters. The number of anilines is 2. The first-order valence-corrected chi connectivity index (χ1v) is 9.34. The molecule has 1 aliphatic rings. The molecule has 2 heterocycles. The van der Waals surface area contributed by atoms with Crippen molar-refractivity contribution >= 4 is 40.6 Å². The fourth-order valence-corrected chi connectivity index (χ4v) is 3.09. The maximum atomic E-state index is 12.6. The number of fused-ring (bicyclic) bond motifs is 1. The van der Waals surface area contributed by atoms with Crippen LogP contribution in [0.15, 0.2) is 36.5 Å². The van der Waals surface area contributed by atoms with Crippen LogP contribution in [0.4, 0.5) is 11.4 Å². The zero-order valence-electron chi connectivity index (χ0n) is 15.6. The first-order valence-electron chi connectivity index (χ1n) is 8.96. The number of hydrogen-bond acceptors (Lipinski definition) is 5. The van der Waals surface area contributed by atoms with Gasteiger partial charge in [-0.25, -0.2) is 4.98 Å². The molecule has 3 rings (SSSR count). The van der Waals surface area contributed by atoms with E-state index >= 15 is 0 Å². The van der Waals surface area contributed by atoms with E-state index in [0.717, 1.165) is 6.42 Å². The molecule has 1 atom stereocenters. The molecule has 146 valence electrons. The zero-order valence-corrected chi connectivity index (χ0v) is 16.3. The highest BCUT2D eigenvalue weighted by Gasteiger charge is 2.33. The number of benzene rings is 1. The lowest BCUT2D eigenvalue weighted by molar-refractivity contribution is -0.127. The topological polar surface area (TPSA) is 88.6 Å². The number of pyridine rings is 1. The van der Waals surface area contributed by atoms with Crippen LogP contribution in [0.25, 0.3) is 0 Å². The van der Waals surface area contributed by atoms with E-state index in [0.29, 0.717) is 29.1 Å². The predicted molar refractivity (Wildman–Crippen MR) is 106 cm³/mol. The number of nitrogens with one attached hydrogen (secondary N) is 1. The SMILES string of the molecule is CCCC(=O)c1ccc2c(c1)N(CC(=O)Nc1cccnc1Cl)C(=O)C(C)O2. The summed E-state index contributed by atoms with van der Waals surface area (Å²) in [5.41, 5.74) is 1.24. The fraction of sp³-hybridized carbons (Fsp3) is 0.300. The summed E-state index contributed by atoms with van der Waals surface area (Å²) in [6.07, 6.45) is 1.90. The van der Waals surface area contributed by atoms with Crippen molar-refractivity contribution in [2.75, 3.05) is 16.8 Å². The standard InChI is InChI=1S/C20H20ClN3O4/c1-3-5-16(25)13-7-8-17-15(10-13)24(20(27)12(2)28-17)11-18(26)23-14-6-4-9-22-19(14)21/h4,6-10,12H,3,5,11H2,1-2H3,(H,23,26). The van der Waals surface area contributed by atoms with Crippen LogP contribution < -0.4 is 15.0 Å². The first-order chi connectivity index (χ1) is 13.4. The van der Waals surface area contributed by atoms with E-state index in [-0.39, 0.29) is 23.4 Å². The third kappa shape index (κ3) is 4.14. The average Bonchev–Trinajstić information content (AvgIpc) is 2.67. The van der Waals surface area contributed by atoms with Crippen molar-refractivity contribution in [1.29, 1.82) is 0 Å². The number of carbonyl (C=O) groups is 3. The molecule has 8 heteroatoms. The van der Waals surface area contributed by atoms with Crippen molar-refractivity contribution in [1.82, 2.24) is 4.98 Å². The van der Waals surface area contributed by atoms with Crippen LogP contribution in [-0.4, -0.2) is 35.2 Å². The van der Waals surface area contributed by atoms with Crippen LogP contribution in [0.3, 0.4) is 0 Å². The van der Waals surface area contributed by atoms with E-state index in [1.165, 1.54) is 11.1 Å². The Morgan fingerprint density at radius 1 is 1.32 bits per heavy atom. The Labute approximate surface area is 167 Å². The normalized spacial score (nSPS) is 15.6. The Kier molecular flexibility index (Phi) is 5.94. The lowest BCUT2D eigenvalue weighted by atomic mass is 10.0. The lowest BCUT2D eigenvalue weighted by Gasteiger charge is -2.32. The van der Waals surface area contributed by atoms with Crippen LogP contribution in [0, 0.1) is 0 Å². The molecule has 0 aliphatic carbocycles. The second-order valence-corrected chi connectivity index (χ2v) is 6.79. The molecule has 0 fully saturated rings. The van der Waals surface area contributed by atoms with E-state index < -0.39 is 12.0 Å². The van der Waals surface area contributed by atoms with Gasteiger partial charge in [-0.3, -0.25) is 19.3 Å². The summed E-state index contributed by atoms with van der Waals surface area (Å²) in [4.78, 5) is 42.6. The number of ether oxygens (including phenoxy) is 1. The molecule has 1 aromatic heterocycles. The van der Waals surface area contributed by atoms with Crippen molar-refractivity contribution in [3.63, 3.8) is 0 Å². The Bertz CT molecular complexity index is 931. The van der Waals surface area contributed by atoms with Gasteiger partial charge >= 0.3 is 0 Å². The molecular formula is C20H20ClN3O4. The number of nitrogens with zero attached hydrogens (tertiary/aromatic N) is 2. The zero-order chi connectivity index (χ0) is 20.3. The van der Waals surface area contributed by atoms with Crippen molar-refractivity contribution in [2.24, 2.45) is 0 Å². The molecule has 1 aliphatic heterocycles. The van der Waals surface area contributed by atoms with E-state index in [2.05, 4.69) is 10.3 Å². The van der Waals surface area contributed by atoms with Crippen LogP contribution in [0.5, 0.6) is 5.75 Å². The lowest BCUT2D eigenvalue weighted by Crippen LogP contribution is -2.47. The maximum absolute atomic E-state index is 12.6. The molecule has 0 saturated heterocycles. The minimum atomic E-state index is -0.737. The molecule has 0 spiro atoms. The Hall–Kier alpha value is -2.93. The van der Waals surface area contributed by atoms with Gasteiger partial charge in [-0.05, 0) is 43.7 Å². The fourth-order valence-electron chi connectivity index (χ4n) is 2.93. The summed E-state index contributed by atoms with van der Waals surface area (Å²) in [6.45, 7) is 3.30. The number of aromatic nitrogens is 1. The van der Waals surface area contributed by atoms with Gasteiger partial charge in [0.1, 0.15) is 12.3 Å². The number of ketones is 1.